The van der Waals surface area contributed by atoms with Crippen LogP contribution in [0.1, 0.15) is 5.56 Å². The Kier molecular flexibility index (Phi) is 9.99. The van der Waals surface area contributed by atoms with Gasteiger partial charge in [-0.25, -0.2) is 0 Å². The van der Waals surface area contributed by atoms with Gasteiger partial charge in [0.1, 0.15) is 34.5 Å². The summed E-state index contributed by atoms with van der Waals surface area (Å²) >= 11 is 0. The summed E-state index contributed by atoms with van der Waals surface area (Å²) in [5, 5.41) is 87.4. The first-order chi connectivity index (χ1) is 38.6. The third-order valence-electron chi connectivity index (χ3n) is 16.6. The van der Waals surface area contributed by atoms with Crippen LogP contribution in [0.4, 0.5) is 0 Å². The number of aromatic hydroxyl groups is 6. The van der Waals surface area contributed by atoms with E-state index in [4.69, 9.17) is 0 Å². The highest BCUT2D eigenvalue weighted by Gasteiger charge is 2.22. The third kappa shape index (κ3) is 6.65. The molecular formula is C73H46O6. The largest absolute Gasteiger partial charge is 0.507 e. The first kappa shape index (κ1) is 45.8. The van der Waals surface area contributed by atoms with E-state index in [1.165, 1.54) is 0 Å². The van der Waals surface area contributed by atoms with E-state index >= 15 is 0 Å². The average molecular weight is 1020 g/mol. The number of phenols is 6. The lowest BCUT2D eigenvalue weighted by molar-refractivity contribution is 0.478. The quantitative estimate of drug-likeness (QED) is 0.0596. The zero-order chi connectivity index (χ0) is 53.4. The second-order valence-corrected chi connectivity index (χ2v) is 20.7. The molecule has 0 unspecified atom stereocenters. The van der Waals surface area contributed by atoms with Crippen molar-refractivity contribution in [3.8, 4) is 67.9 Å². The summed E-state index contributed by atoms with van der Waals surface area (Å²) in [4.78, 5) is 0. The zero-order valence-corrected chi connectivity index (χ0v) is 42.5. The Bertz CT molecular complexity index is 5290. The lowest BCUT2D eigenvalue weighted by Gasteiger charge is -2.17. The van der Waals surface area contributed by atoms with Crippen molar-refractivity contribution in [1.29, 1.82) is 0 Å². The van der Waals surface area contributed by atoms with Crippen LogP contribution in [-0.4, -0.2) is 30.6 Å². The zero-order valence-electron chi connectivity index (χ0n) is 42.5. The van der Waals surface area contributed by atoms with Gasteiger partial charge in [0, 0.05) is 64.6 Å². The van der Waals surface area contributed by atoms with Crippen molar-refractivity contribution in [2.24, 2.45) is 0 Å². The van der Waals surface area contributed by atoms with Gasteiger partial charge in [-0.2, -0.15) is 0 Å². The molecule has 0 aliphatic rings. The molecular weight excluding hydrogens is 973 g/mol. The SMILES string of the molecule is Cc1ccc2c(O)c3ccccc3c(O)c2ccccc1-c1cccc2c(O)c3c(ccc4c(-c5cccc6c5ccc5cc7c(-c8cccc9c8ccc8c(O)c%10ccccc%10c(O)c89)cccc7c(O)c56)cccc43)cc12. The van der Waals surface area contributed by atoms with Crippen molar-refractivity contribution in [3.63, 3.8) is 0 Å². The van der Waals surface area contributed by atoms with Crippen molar-refractivity contribution in [2.75, 3.05) is 0 Å². The molecule has 374 valence electrons. The molecule has 0 spiro atoms. The van der Waals surface area contributed by atoms with E-state index in [1.807, 2.05) is 140 Å². The molecule has 0 radical (unpaired) electrons. The minimum absolute atomic E-state index is 0.104. The van der Waals surface area contributed by atoms with Gasteiger partial charge in [-0.15, -0.1) is 0 Å². The Morgan fingerprint density at radius 2 is 0.456 bits per heavy atom. The van der Waals surface area contributed by atoms with Gasteiger partial charge >= 0.3 is 0 Å². The Balaban J connectivity index is 0.858. The molecule has 15 rings (SSSR count). The van der Waals surface area contributed by atoms with Crippen molar-refractivity contribution < 1.29 is 30.6 Å². The van der Waals surface area contributed by atoms with Crippen LogP contribution in [-0.2, 0) is 0 Å². The third-order valence-corrected chi connectivity index (χ3v) is 16.6. The molecule has 0 heterocycles. The normalized spacial score (nSPS) is 11.9. The summed E-state index contributed by atoms with van der Waals surface area (Å²) in [6, 6.07) is 73.3. The summed E-state index contributed by atoms with van der Waals surface area (Å²) in [5.74, 6) is 0.859. The van der Waals surface area contributed by atoms with Crippen LogP contribution in [0.5, 0.6) is 34.5 Å². The van der Waals surface area contributed by atoms with Gasteiger partial charge in [0.25, 0.3) is 0 Å². The number of benzene rings is 14. The summed E-state index contributed by atoms with van der Waals surface area (Å²) in [6.45, 7) is 2.03. The molecule has 0 bridgehead atoms. The number of hydrogen-bond donors (Lipinski definition) is 6. The second kappa shape index (κ2) is 17.2. The highest BCUT2D eigenvalue weighted by Crippen LogP contribution is 2.50. The number of phenolic OH excluding ortho intramolecular Hbond substituents is 6. The van der Waals surface area contributed by atoms with Crippen LogP contribution in [0.2, 0.25) is 0 Å². The minimum atomic E-state index is 0.104. The lowest BCUT2D eigenvalue weighted by atomic mass is 9.87. The van der Waals surface area contributed by atoms with Gasteiger partial charge in [0.15, 0.2) is 0 Å². The van der Waals surface area contributed by atoms with E-state index in [-0.39, 0.29) is 34.5 Å². The molecule has 0 aliphatic heterocycles. The Morgan fingerprint density at radius 1 is 0.190 bits per heavy atom. The number of fused-ring (bicyclic) bond motifs is 14. The van der Waals surface area contributed by atoms with E-state index in [1.54, 1.807) is 12.1 Å². The van der Waals surface area contributed by atoms with Gasteiger partial charge in [0.2, 0.25) is 0 Å². The first-order valence-corrected chi connectivity index (χ1v) is 26.3. The van der Waals surface area contributed by atoms with Gasteiger partial charge in [-0.1, -0.05) is 206 Å². The molecule has 15 aromatic carbocycles. The molecule has 0 aliphatic carbocycles. The molecule has 0 saturated heterocycles. The van der Waals surface area contributed by atoms with Crippen LogP contribution in [0, 0.1) is 6.92 Å². The van der Waals surface area contributed by atoms with Crippen LogP contribution < -0.4 is 0 Å². The molecule has 0 atom stereocenters. The standard InChI is InChI=1S/C73H46O6/c1-39-29-32-61-57(68(74)54-14-4-5-15-55(54)69(61)75)17-3-2-13-42(39)43-19-11-27-59-63(43)37-40-30-33-48-44(20-8-24-51(48)65(40)71(59)77)45-21-9-25-52-49(45)34-31-41-38-64-47(23-12-28-60(64)72(78)66(41)52)46-22-10-26-53-50(46)35-36-62-67(53)73(79)58-18-7-6-16-56(58)70(62)76/h2-38,74-79H,1H3. The summed E-state index contributed by atoms with van der Waals surface area (Å²) < 4.78 is 0. The molecule has 0 aromatic heterocycles. The fraction of sp³-hybridized carbons (Fsp3) is 0.0137. The van der Waals surface area contributed by atoms with E-state index < -0.39 is 0 Å². The maximum Gasteiger partial charge on any atom is 0.132 e. The molecule has 6 N–H and O–H groups in total. The van der Waals surface area contributed by atoms with Crippen molar-refractivity contribution in [1.82, 2.24) is 0 Å². The average Bonchev–Trinajstić information content (AvgIpc) is 3.65. The second-order valence-electron chi connectivity index (χ2n) is 20.7. The highest BCUT2D eigenvalue weighted by molar-refractivity contribution is 6.26. The summed E-state index contributed by atoms with van der Waals surface area (Å²) in [5.41, 5.74) is 6.69. The van der Waals surface area contributed by atoms with Crippen molar-refractivity contribution in [3.05, 3.63) is 230 Å². The number of rotatable bonds is 3. The van der Waals surface area contributed by atoms with E-state index in [0.29, 0.717) is 48.5 Å². The predicted molar refractivity (Wildman–Crippen MR) is 328 cm³/mol. The topological polar surface area (TPSA) is 121 Å². The Hall–Kier alpha value is -10.6. The minimum Gasteiger partial charge on any atom is -0.507 e. The van der Waals surface area contributed by atoms with E-state index in [0.717, 1.165) is 109 Å². The van der Waals surface area contributed by atoms with Crippen LogP contribution in [0.25, 0.3) is 152 Å². The van der Waals surface area contributed by atoms with Gasteiger partial charge in [-0.05, 0) is 118 Å². The monoisotopic (exact) mass is 1020 g/mol. The summed E-state index contributed by atoms with van der Waals surface area (Å²) in [7, 11) is 0. The maximum absolute atomic E-state index is 12.5. The highest BCUT2D eigenvalue weighted by atomic mass is 16.3. The lowest BCUT2D eigenvalue weighted by Crippen LogP contribution is -1.90. The number of aryl methyl sites for hydroxylation is 1. The van der Waals surface area contributed by atoms with Gasteiger partial charge < -0.3 is 30.6 Å². The fourth-order valence-corrected chi connectivity index (χ4v) is 12.9. The van der Waals surface area contributed by atoms with Gasteiger partial charge in [0.05, 0.1) is 0 Å². The Labute approximate surface area is 451 Å². The fourth-order valence-electron chi connectivity index (χ4n) is 12.9. The van der Waals surface area contributed by atoms with Gasteiger partial charge in [-0.3, -0.25) is 0 Å². The van der Waals surface area contributed by atoms with Crippen LogP contribution in [0.3, 0.4) is 0 Å². The van der Waals surface area contributed by atoms with Crippen molar-refractivity contribution >= 4 is 118 Å². The van der Waals surface area contributed by atoms with E-state index in [9.17, 15) is 30.6 Å². The van der Waals surface area contributed by atoms with Crippen LogP contribution in [0.15, 0.2) is 224 Å². The van der Waals surface area contributed by atoms with E-state index in [2.05, 4.69) is 78.9 Å². The molecule has 15 aromatic rings. The summed E-state index contributed by atoms with van der Waals surface area (Å²) in [6.07, 6.45) is 0. The maximum atomic E-state index is 12.5. The molecule has 79 heavy (non-hydrogen) atoms. The van der Waals surface area contributed by atoms with Crippen molar-refractivity contribution in [2.45, 2.75) is 6.92 Å². The molecule has 0 amide bonds. The van der Waals surface area contributed by atoms with Crippen LogP contribution >= 0.6 is 0 Å². The Morgan fingerprint density at radius 3 is 0.911 bits per heavy atom. The number of hydrogen-bond acceptors (Lipinski definition) is 6. The molecule has 0 saturated carbocycles. The predicted octanol–water partition coefficient (Wildman–Crippen LogP) is 19.0. The first-order valence-electron chi connectivity index (χ1n) is 26.3. The molecule has 0 fully saturated rings. The smallest absolute Gasteiger partial charge is 0.132 e. The molecule has 6 nitrogen and oxygen atoms in total. The molecule has 6 heteroatoms.